The molecule has 0 aliphatic carbocycles. The van der Waals surface area contributed by atoms with Crippen molar-refractivity contribution in [1.29, 1.82) is 0 Å². The highest BCUT2D eigenvalue weighted by molar-refractivity contribution is 5.70. The molecule has 0 heterocycles. The smallest absolute Gasteiger partial charge is 0.332 e. The summed E-state index contributed by atoms with van der Waals surface area (Å²) < 4.78 is 13.2. The summed E-state index contributed by atoms with van der Waals surface area (Å²) in [4.78, 5) is 19.8. The predicted molar refractivity (Wildman–Crippen MR) is 60.8 cm³/mol. The fourth-order valence-electron chi connectivity index (χ4n) is 0.444. The molecule has 2 N–H and O–H groups in total. The molecule has 0 bridgehead atoms. The minimum Gasteiger partial charge on any atom is -0.480 e. The fraction of sp³-hybridized carbons (Fsp3) is 0.800. The van der Waals surface area contributed by atoms with Crippen LogP contribution in [0.5, 0.6) is 0 Å². The highest BCUT2D eigenvalue weighted by Crippen LogP contribution is 1.76. The molecular formula is C10H22O7. The second kappa shape index (κ2) is 20.3. The monoisotopic (exact) mass is 254 g/mol. The van der Waals surface area contributed by atoms with E-state index in [0.717, 1.165) is 0 Å². The normalized spacial score (nSPS) is 8.06. The summed E-state index contributed by atoms with van der Waals surface area (Å²) in [5, 5.41) is 15.4. The van der Waals surface area contributed by atoms with Crippen LogP contribution < -0.4 is 0 Å². The number of aliphatic carboxylic acids is 1. The van der Waals surface area contributed by atoms with Crippen LogP contribution in [0.2, 0.25) is 0 Å². The van der Waals surface area contributed by atoms with Crippen molar-refractivity contribution in [2.45, 2.75) is 13.8 Å². The highest BCUT2D eigenvalue weighted by Gasteiger charge is 1.96. The van der Waals surface area contributed by atoms with Crippen molar-refractivity contribution >= 4 is 11.9 Å². The number of carbonyl (C=O) groups is 2. The third kappa shape index (κ3) is 39.8. The SMILES string of the molecule is CCO.CCOC(=O)COC.COCC(=O)O. The summed E-state index contributed by atoms with van der Waals surface area (Å²) >= 11 is 0. The van der Waals surface area contributed by atoms with E-state index in [1.165, 1.54) is 14.2 Å². The molecule has 104 valence electrons. The van der Waals surface area contributed by atoms with Crippen LogP contribution in [0.4, 0.5) is 0 Å². The van der Waals surface area contributed by atoms with Gasteiger partial charge in [-0.15, -0.1) is 0 Å². The summed E-state index contributed by atoms with van der Waals surface area (Å²) in [7, 11) is 2.80. The van der Waals surface area contributed by atoms with Gasteiger partial charge in [-0.05, 0) is 13.8 Å². The summed E-state index contributed by atoms with van der Waals surface area (Å²) in [6.07, 6.45) is 0. The topological polar surface area (TPSA) is 102 Å². The molecule has 7 heteroatoms. The first kappa shape index (κ1) is 21.1. The maximum atomic E-state index is 10.3. The number of carbonyl (C=O) groups excluding carboxylic acids is 1. The molecule has 0 spiro atoms. The van der Waals surface area contributed by atoms with Gasteiger partial charge in [0.25, 0.3) is 0 Å². The van der Waals surface area contributed by atoms with E-state index in [1.54, 1.807) is 13.8 Å². The van der Waals surface area contributed by atoms with Crippen LogP contribution in [-0.4, -0.2) is 62.8 Å². The Hall–Kier alpha value is -1.18. The minimum atomic E-state index is -0.933. The Bertz CT molecular complexity index is 162. The Morgan fingerprint density at radius 2 is 1.47 bits per heavy atom. The van der Waals surface area contributed by atoms with Crippen LogP contribution in [-0.2, 0) is 23.8 Å². The molecule has 0 fully saturated rings. The van der Waals surface area contributed by atoms with Gasteiger partial charge in [-0.1, -0.05) is 0 Å². The molecule has 7 nitrogen and oxygen atoms in total. The lowest BCUT2D eigenvalue weighted by Gasteiger charge is -1.97. The van der Waals surface area contributed by atoms with E-state index in [0.29, 0.717) is 6.61 Å². The van der Waals surface area contributed by atoms with Crippen molar-refractivity contribution in [2.24, 2.45) is 0 Å². The van der Waals surface area contributed by atoms with E-state index in [2.05, 4.69) is 14.2 Å². The standard InChI is InChI=1S/C5H10O3.C3H6O3.C2H6O/c1-3-8-5(6)4-7-2;1-6-2-3(4)5;1-2-3/h3-4H2,1-2H3;2H2,1H3,(H,4,5);3H,2H2,1H3. The molecule has 0 aliphatic rings. The van der Waals surface area contributed by atoms with Gasteiger partial charge < -0.3 is 24.4 Å². The molecule has 0 unspecified atom stereocenters. The van der Waals surface area contributed by atoms with Crippen LogP contribution in [0.15, 0.2) is 0 Å². The summed E-state index contributed by atoms with van der Waals surface area (Å²) in [6, 6.07) is 0. The quantitative estimate of drug-likeness (QED) is 0.661. The molecule has 0 aromatic heterocycles. The van der Waals surface area contributed by atoms with E-state index in [9.17, 15) is 9.59 Å². The molecule has 0 aromatic rings. The Kier molecular flexibility index (Phi) is 25.2. The Balaban J connectivity index is -0.000000193. The molecular weight excluding hydrogens is 232 g/mol. The van der Waals surface area contributed by atoms with Gasteiger partial charge in [0.15, 0.2) is 0 Å². The zero-order valence-electron chi connectivity index (χ0n) is 10.8. The lowest BCUT2D eigenvalue weighted by Crippen LogP contribution is -2.10. The Morgan fingerprint density at radius 3 is 1.65 bits per heavy atom. The molecule has 0 atom stereocenters. The van der Waals surface area contributed by atoms with Crippen LogP contribution >= 0.6 is 0 Å². The first-order chi connectivity index (χ1) is 7.99. The third-order valence-electron chi connectivity index (χ3n) is 0.835. The molecule has 0 aromatic carbocycles. The van der Waals surface area contributed by atoms with Crippen LogP contribution in [0.25, 0.3) is 0 Å². The van der Waals surface area contributed by atoms with E-state index in [1.807, 2.05) is 0 Å². The summed E-state index contributed by atoms with van der Waals surface area (Å²) in [5.74, 6) is -1.24. The van der Waals surface area contributed by atoms with Crippen molar-refractivity contribution in [3.05, 3.63) is 0 Å². The Morgan fingerprint density at radius 1 is 1.06 bits per heavy atom. The first-order valence-corrected chi connectivity index (χ1v) is 4.96. The van der Waals surface area contributed by atoms with Gasteiger partial charge in [0, 0.05) is 20.8 Å². The highest BCUT2D eigenvalue weighted by atomic mass is 16.6. The second-order valence-electron chi connectivity index (χ2n) is 2.38. The first-order valence-electron chi connectivity index (χ1n) is 4.96. The van der Waals surface area contributed by atoms with E-state index in [4.69, 9.17) is 10.2 Å². The molecule has 0 aliphatic heterocycles. The van der Waals surface area contributed by atoms with Gasteiger partial charge in [-0.3, -0.25) is 0 Å². The number of rotatable bonds is 5. The van der Waals surface area contributed by atoms with Gasteiger partial charge >= 0.3 is 11.9 Å². The number of methoxy groups -OCH3 is 2. The third-order valence-corrected chi connectivity index (χ3v) is 0.835. The van der Waals surface area contributed by atoms with Gasteiger partial charge in [-0.25, -0.2) is 9.59 Å². The average molecular weight is 254 g/mol. The largest absolute Gasteiger partial charge is 0.480 e. The molecule has 0 amide bonds. The number of carboxylic acids is 1. The zero-order valence-corrected chi connectivity index (χ0v) is 10.8. The van der Waals surface area contributed by atoms with Crippen LogP contribution in [0, 0.1) is 0 Å². The number of aliphatic hydroxyl groups excluding tert-OH is 1. The molecule has 17 heavy (non-hydrogen) atoms. The van der Waals surface area contributed by atoms with Gasteiger partial charge in [0.2, 0.25) is 0 Å². The fourth-order valence-corrected chi connectivity index (χ4v) is 0.444. The van der Waals surface area contributed by atoms with Crippen molar-refractivity contribution in [3.63, 3.8) is 0 Å². The molecule has 0 radical (unpaired) electrons. The van der Waals surface area contributed by atoms with Gasteiger partial charge in [0.05, 0.1) is 6.61 Å². The summed E-state index contributed by atoms with van der Waals surface area (Å²) in [5.41, 5.74) is 0. The molecule has 0 saturated carbocycles. The van der Waals surface area contributed by atoms with Crippen molar-refractivity contribution in [1.82, 2.24) is 0 Å². The van der Waals surface area contributed by atoms with E-state index in [-0.39, 0.29) is 25.8 Å². The lowest BCUT2D eigenvalue weighted by molar-refractivity contribution is -0.147. The maximum absolute atomic E-state index is 10.3. The number of hydrogen-bond acceptors (Lipinski definition) is 6. The van der Waals surface area contributed by atoms with Crippen molar-refractivity contribution < 1.29 is 34.0 Å². The van der Waals surface area contributed by atoms with E-state index >= 15 is 0 Å². The van der Waals surface area contributed by atoms with Gasteiger partial charge in [-0.2, -0.15) is 0 Å². The lowest BCUT2D eigenvalue weighted by atomic mass is 10.7. The molecule has 0 saturated heterocycles. The number of aliphatic hydroxyl groups is 1. The number of hydrogen-bond donors (Lipinski definition) is 2. The van der Waals surface area contributed by atoms with Crippen LogP contribution in [0.3, 0.4) is 0 Å². The molecule has 0 rings (SSSR count). The minimum absolute atomic E-state index is 0.0494. The predicted octanol–water partition coefficient (Wildman–Crippen LogP) is -0.0881. The number of ether oxygens (including phenoxy) is 3. The van der Waals surface area contributed by atoms with Crippen molar-refractivity contribution in [3.8, 4) is 0 Å². The second-order valence-corrected chi connectivity index (χ2v) is 2.38. The summed E-state index contributed by atoms with van der Waals surface area (Å²) in [6.45, 7) is 3.95. The van der Waals surface area contributed by atoms with Gasteiger partial charge in [0.1, 0.15) is 13.2 Å². The zero-order chi connectivity index (χ0) is 14.1. The number of esters is 1. The van der Waals surface area contributed by atoms with Crippen molar-refractivity contribution in [2.75, 3.05) is 40.6 Å². The number of carboxylic acid groups (broad SMARTS) is 1. The van der Waals surface area contributed by atoms with Crippen LogP contribution in [0.1, 0.15) is 13.8 Å². The Labute approximate surface area is 101 Å². The maximum Gasteiger partial charge on any atom is 0.332 e. The van der Waals surface area contributed by atoms with E-state index < -0.39 is 5.97 Å². The average Bonchev–Trinajstić information content (AvgIpc) is 2.20.